The van der Waals surface area contributed by atoms with Gasteiger partial charge in [-0.1, -0.05) is 30.3 Å². The zero-order valence-corrected chi connectivity index (χ0v) is 9.46. The molecule has 3 N–H and O–H groups in total. The first-order valence-corrected chi connectivity index (χ1v) is 5.29. The molecule has 0 aliphatic carbocycles. The standard InChI is InChI=1S/C12H20N2O/c1-12(2,13-8-9-15)14-10-11-6-4-3-5-7-11/h3-7,13-15H,8-10H2,1-2H3. The first-order valence-electron chi connectivity index (χ1n) is 5.29. The molecule has 0 amide bonds. The molecule has 0 unspecified atom stereocenters. The number of benzene rings is 1. The van der Waals surface area contributed by atoms with Crippen molar-refractivity contribution in [3.8, 4) is 0 Å². The Labute approximate surface area is 91.5 Å². The van der Waals surface area contributed by atoms with Crippen LogP contribution in [0, 0.1) is 0 Å². The summed E-state index contributed by atoms with van der Waals surface area (Å²) in [5.41, 5.74) is 1.11. The summed E-state index contributed by atoms with van der Waals surface area (Å²) >= 11 is 0. The van der Waals surface area contributed by atoms with E-state index in [0.717, 1.165) is 6.54 Å². The fourth-order valence-electron chi connectivity index (χ4n) is 1.35. The summed E-state index contributed by atoms with van der Waals surface area (Å²) in [6, 6.07) is 10.3. The zero-order valence-electron chi connectivity index (χ0n) is 9.46. The molecule has 84 valence electrons. The number of aliphatic hydroxyl groups excluding tert-OH is 1. The van der Waals surface area contributed by atoms with Crippen molar-refractivity contribution >= 4 is 0 Å². The fraction of sp³-hybridized carbons (Fsp3) is 0.500. The van der Waals surface area contributed by atoms with Crippen LogP contribution in [0.4, 0.5) is 0 Å². The number of hydrogen-bond donors (Lipinski definition) is 3. The van der Waals surface area contributed by atoms with E-state index in [2.05, 4.69) is 36.6 Å². The number of aliphatic hydroxyl groups is 1. The summed E-state index contributed by atoms with van der Waals surface area (Å²) in [6.07, 6.45) is 0. The highest BCUT2D eigenvalue weighted by Crippen LogP contribution is 2.02. The lowest BCUT2D eigenvalue weighted by Crippen LogP contribution is -2.52. The second-order valence-corrected chi connectivity index (χ2v) is 4.11. The molecule has 0 saturated heterocycles. The Kier molecular flexibility index (Phi) is 4.75. The summed E-state index contributed by atoms with van der Waals surface area (Å²) in [5.74, 6) is 0. The maximum atomic E-state index is 8.72. The third-order valence-corrected chi connectivity index (χ3v) is 2.26. The van der Waals surface area contributed by atoms with Crippen molar-refractivity contribution in [3.05, 3.63) is 35.9 Å². The van der Waals surface area contributed by atoms with Crippen molar-refractivity contribution in [1.82, 2.24) is 10.6 Å². The molecule has 0 radical (unpaired) electrons. The Balaban J connectivity index is 2.35. The molecule has 1 aromatic rings. The molecule has 0 fully saturated rings. The molecule has 3 nitrogen and oxygen atoms in total. The predicted octanol–water partition coefficient (Wildman–Crippen LogP) is 1.09. The molecule has 3 heteroatoms. The summed E-state index contributed by atoms with van der Waals surface area (Å²) in [6.45, 7) is 5.72. The van der Waals surface area contributed by atoms with Gasteiger partial charge in [0.15, 0.2) is 0 Å². The van der Waals surface area contributed by atoms with Crippen LogP contribution < -0.4 is 10.6 Å². The largest absolute Gasteiger partial charge is 0.395 e. The normalized spacial score (nSPS) is 11.7. The summed E-state index contributed by atoms with van der Waals surface area (Å²) in [7, 11) is 0. The van der Waals surface area contributed by atoms with Gasteiger partial charge in [-0.25, -0.2) is 0 Å². The Morgan fingerprint density at radius 2 is 1.80 bits per heavy atom. The molecule has 0 saturated carbocycles. The summed E-state index contributed by atoms with van der Waals surface area (Å²) in [4.78, 5) is 0. The van der Waals surface area contributed by atoms with Gasteiger partial charge in [0.2, 0.25) is 0 Å². The predicted molar refractivity (Wildman–Crippen MR) is 62.4 cm³/mol. The van der Waals surface area contributed by atoms with Gasteiger partial charge in [0.05, 0.1) is 12.3 Å². The number of nitrogens with one attached hydrogen (secondary N) is 2. The molecule has 0 bridgehead atoms. The molecule has 0 atom stereocenters. The second kappa shape index (κ2) is 5.85. The molecule has 0 spiro atoms. The molecule has 1 rings (SSSR count). The molecule has 15 heavy (non-hydrogen) atoms. The van der Waals surface area contributed by atoms with E-state index in [1.807, 2.05) is 18.2 Å². The highest BCUT2D eigenvalue weighted by molar-refractivity contribution is 5.14. The van der Waals surface area contributed by atoms with E-state index in [1.54, 1.807) is 0 Å². The maximum Gasteiger partial charge on any atom is 0.0632 e. The minimum Gasteiger partial charge on any atom is -0.395 e. The van der Waals surface area contributed by atoms with Crippen LogP contribution >= 0.6 is 0 Å². The van der Waals surface area contributed by atoms with E-state index in [4.69, 9.17) is 5.11 Å². The molecule has 0 aliphatic heterocycles. The molecule has 1 aromatic carbocycles. The smallest absolute Gasteiger partial charge is 0.0632 e. The van der Waals surface area contributed by atoms with Crippen LogP contribution in [0.25, 0.3) is 0 Å². The summed E-state index contributed by atoms with van der Waals surface area (Å²) in [5, 5.41) is 15.3. The molecular formula is C12H20N2O. The monoisotopic (exact) mass is 208 g/mol. The zero-order chi connectivity index (χ0) is 11.1. The van der Waals surface area contributed by atoms with Crippen LogP contribution in [0.15, 0.2) is 30.3 Å². The van der Waals surface area contributed by atoms with Crippen molar-refractivity contribution in [1.29, 1.82) is 0 Å². The van der Waals surface area contributed by atoms with Crippen LogP contribution in [-0.2, 0) is 6.54 Å². The van der Waals surface area contributed by atoms with Crippen molar-refractivity contribution in [2.75, 3.05) is 13.2 Å². The van der Waals surface area contributed by atoms with E-state index in [0.29, 0.717) is 6.54 Å². The van der Waals surface area contributed by atoms with Crippen molar-refractivity contribution < 1.29 is 5.11 Å². The van der Waals surface area contributed by atoms with Crippen LogP contribution in [0.1, 0.15) is 19.4 Å². The van der Waals surface area contributed by atoms with E-state index in [1.165, 1.54) is 5.56 Å². The van der Waals surface area contributed by atoms with Crippen LogP contribution in [0.2, 0.25) is 0 Å². The number of rotatable bonds is 6. The van der Waals surface area contributed by atoms with Crippen molar-refractivity contribution in [3.63, 3.8) is 0 Å². The lowest BCUT2D eigenvalue weighted by Gasteiger charge is -2.27. The maximum absolute atomic E-state index is 8.72. The van der Waals surface area contributed by atoms with E-state index < -0.39 is 0 Å². The quantitative estimate of drug-likeness (QED) is 0.613. The number of hydrogen-bond acceptors (Lipinski definition) is 3. The fourth-order valence-corrected chi connectivity index (χ4v) is 1.35. The SMILES string of the molecule is CC(C)(NCCO)NCc1ccccc1. The van der Waals surface area contributed by atoms with Gasteiger partial charge in [0.1, 0.15) is 0 Å². The van der Waals surface area contributed by atoms with Crippen molar-refractivity contribution in [2.24, 2.45) is 0 Å². The van der Waals surface area contributed by atoms with Crippen LogP contribution in [0.5, 0.6) is 0 Å². The Morgan fingerprint density at radius 3 is 2.40 bits per heavy atom. The molecule has 0 aromatic heterocycles. The molecule has 0 aliphatic rings. The lowest BCUT2D eigenvalue weighted by atomic mass is 10.2. The van der Waals surface area contributed by atoms with Gasteiger partial charge in [0, 0.05) is 13.1 Å². The first-order chi connectivity index (χ1) is 7.14. The van der Waals surface area contributed by atoms with Crippen LogP contribution in [0.3, 0.4) is 0 Å². The lowest BCUT2D eigenvalue weighted by molar-refractivity contribution is 0.244. The molecular weight excluding hydrogens is 188 g/mol. The van der Waals surface area contributed by atoms with Crippen LogP contribution in [-0.4, -0.2) is 23.9 Å². The van der Waals surface area contributed by atoms with E-state index in [9.17, 15) is 0 Å². The highest BCUT2D eigenvalue weighted by Gasteiger charge is 2.14. The average molecular weight is 208 g/mol. The highest BCUT2D eigenvalue weighted by atomic mass is 16.3. The Morgan fingerprint density at radius 1 is 1.13 bits per heavy atom. The average Bonchev–Trinajstić information content (AvgIpc) is 2.25. The second-order valence-electron chi connectivity index (χ2n) is 4.11. The van der Waals surface area contributed by atoms with Gasteiger partial charge in [-0.05, 0) is 19.4 Å². The third-order valence-electron chi connectivity index (χ3n) is 2.26. The van der Waals surface area contributed by atoms with Gasteiger partial charge in [-0.15, -0.1) is 0 Å². The summed E-state index contributed by atoms with van der Waals surface area (Å²) < 4.78 is 0. The minimum absolute atomic E-state index is 0.154. The Bertz CT molecular complexity index is 272. The first kappa shape index (κ1) is 12.2. The van der Waals surface area contributed by atoms with E-state index in [-0.39, 0.29) is 12.3 Å². The molecule has 0 heterocycles. The van der Waals surface area contributed by atoms with Gasteiger partial charge >= 0.3 is 0 Å². The van der Waals surface area contributed by atoms with Gasteiger partial charge in [0.25, 0.3) is 0 Å². The topological polar surface area (TPSA) is 44.3 Å². The van der Waals surface area contributed by atoms with E-state index >= 15 is 0 Å². The third kappa shape index (κ3) is 4.93. The minimum atomic E-state index is -0.154. The van der Waals surface area contributed by atoms with Crippen molar-refractivity contribution in [2.45, 2.75) is 26.1 Å². The van der Waals surface area contributed by atoms with Gasteiger partial charge in [-0.3, -0.25) is 10.6 Å². The van der Waals surface area contributed by atoms with Gasteiger partial charge < -0.3 is 5.11 Å². The Hall–Kier alpha value is -0.900. The van der Waals surface area contributed by atoms with Gasteiger partial charge in [-0.2, -0.15) is 0 Å².